The van der Waals surface area contributed by atoms with Crippen molar-refractivity contribution in [2.45, 2.75) is 45.6 Å². The summed E-state index contributed by atoms with van der Waals surface area (Å²) in [6.45, 7) is 8.83. The van der Waals surface area contributed by atoms with E-state index in [1.54, 1.807) is 0 Å². The van der Waals surface area contributed by atoms with Crippen molar-refractivity contribution in [3.63, 3.8) is 0 Å². The molecule has 1 aromatic heterocycles. The second-order valence-electron chi connectivity index (χ2n) is 6.19. The van der Waals surface area contributed by atoms with Crippen molar-refractivity contribution in [2.75, 3.05) is 5.32 Å². The van der Waals surface area contributed by atoms with E-state index >= 15 is 0 Å². The van der Waals surface area contributed by atoms with Crippen LogP contribution in [-0.2, 0) is 5.41 Å². The van der Waals surface area contributed by atoms with Crippen molar-refractivity contribution < 1.29 is 0 Å². The Morgan fingerprint density at radius 1 is 1.10 bits per heavy atom. The maximum atomic E-state index is 4.32. The summed E-state index contributed by atoms with van der Waals surface area (Å²) >= 11 is 0. The van der Waals surface area contributed by atoms with Gasteiger partial charge in [-0.05, 0) is 43.4 Å². The molecule has 0 spiro atoms. The second kappa shape index (κ2) is 6.08. The highest BCUT2D eigenvalue weighted by molar-refractivity contribution is 5.42. The van der Waals surface area contributed by atoms with Gasteiger partial charge in [0.25, 0.3) is 0 Å². The molecular formula is C18H24N2. The smallest absolute Gasteiger partial charge is 0.0528 e. The third-order valence-electron chi connectivity index (χ3n) is 3.70. The predicted octanol–water partition coefficient (Wildman–Crippen LogP) is 4.56. The molecule has 0 radical (unpaired) electrons. The SMILES string of the molecule is Cc1ccc(NC(C)CC(C)(C)c2ccccc2)cn1. The summed E-state index contributed by atoms with van der Waals surface area (Å²) in [5, 5.41) is 3.53. The van der Waals surface area contributed by atoms with E-state index in [0.29, 0.717) is 6.04 Å². The van der Waals surface area contributed by atoms with Gasteiger partial charge in [-0.1, -0.05) is 44.2 Å². The number of hydrogen-bond donors (Lipinski definition) is 1. The van der Waals surface area contributed by atoms with Gasteiger partial charge in [-0.15, -0.1) is 0 Å². The summed E-state index contributed by atoms with van der Waals surface area (Å²) in [6.07, 6.45) is 2.98. The molecule has 2 aromatic rings. The van der Waals surface area contributed by atoms with Gasteiger partial charge in [0.1, 0.15) is 0 Å². The van der Waals surface area contributed by atoms with E-state index in [9.17, 15) is 0 Å². The second-order valence-corrected chi connectivity index (χ2v) is 6.19. The van der Waals surface area contributed by atoms with Crippen molar-refractivity contribution in [3.8, 4) is 0 Å². The van der Waals surface area contributed by atoms with Gasteiger partial charge >= 0.3 is 0 Å². The molecule has 1 aromatic carbocycles. The summed E-state index contributed by atoms with van der Waals surface area (Å²) in [6, 6.07) is 15.2. The first-order valence-corrected chi connectivity index (χ1v) is 7.22. The van der Waals surface area contributed by atoms with Crippen molar-refractivity contribution >= 4 is 5.69 Å². The van der Waals surface area contributed by atoms with E-state index in [2.05, 4.69) is 67.5 Å². The van der Waals surface area contributed by atoms with Crippen molar-refractivity contribution in [2.24, 2.45) is 0 Å². The Balaban J connectivity index is 2.00. The van der Waals surface area contributed by atoms with E-state index in [0.717, 1.165) is 17.8 Å². The van der Waals surface area contributed by atoms with E-state index < -0.39 is 0 Å². The van der Waals surface area contributed by atoms with Crippen molar-refractivity contribution in [1.82, 2.24) is 4.98 Å². The molecular weight excluding hydrogens is 244 g/mol. The molecule has 2 rings (SSSR count). The topological polar surface area (TPSA) is 24.9 Å². The van der Waals surface area contributed by atoms with Gasteiger partial charge in [0.2, 0.25) is 0 Å². The highest BCUT2D eigenvalue weighted by atomic mass is 14.9. The summed E-state index contributed by atoms with van der Waals surface area (Å²) in [5.74, 6) is 0. The Bertz CT molecular complexity index is 529. The Morgan fingerprint density at radius 2 is 1.80 bits per heavy atom. The summed E-state index contributed by atoms with van der Waals surface area (Å²) in [5.41, 5.74) is 3.68. The molecule has 1 unspecified atom stereocenters. The van der Waals surface area contributed by atoms with Crippen molar-refractivity contribution in [3.05, 3.63) is 59.9 Å². The standard InChI is InChI=1S/C18H24N2/c1-14-10-11-17(13-19-14)20-15(2)12-18(3,4)16-8-6-5-7-9-16/h5-11,13,15,20H,12H2,1-4H3. The fraction of sp³-hybridized carbons (Fsp3) is 0.389. The van der Waals surface area contributed by atoms with Gasteiger partial charge in [-0.2, -0.15) is 0 Å². The zero-order chi connectivity index (χ0) is 14.6. The molecule has 0 aliphatic carbocycles. The van der Waals surface area contributed by atoms with E-state index in [-0.39, 0.29) is 5.41 Å². The van der Waals surface area contributed by atoms with E-state index in [1.807, 2.05) is 19.2 Å². The third kappa shape index (κ3) is 3.83. The molecule has 1 atom stereocenters. The summed E-state index contributed by atoms with van der Waals surface area (Å²) in [7, 11) is 0. The summed E-state index contributed by atoms with van der Waals surface area (Å²) in [4.78, 5) is 4.32. The summed E-state index contributed by atoms with van der Waals surface area (Å²) < 4.78 is 0. The van der Waals surface area contributed by atoms with Crippen LogP contribution < -0.4 is 5.32 Å². The number of nitrogens with zero attached hydrogens (tertiary/aromatic N) is 1. The first kappa shape index (κ1) is 14.6. The predicted molar refractivity (Wildman–Crippen MR) is 86.1 cm³/mol. The molecule has 1 heterocycles. The number of benzene rings is 1. The van der Waals surface area contributed by atoms with E-state index in [4.69, 9.17) is 0 Å². The monoisotopic (exact) mass is 268 g/mol. The minimum atomic E-state index is 0.159. The molecule has 2 heteroatoms. The van der Waals surface area contributed by atoms with Crippen molar-refractivity contribution in [1.29, 1.82) is 0 Å². The van der Waals surface area contributed by atoms with Crippen LogP contribution in [0.15, 0.2) is 48.7 Å². The molecule has 20 heavy (non-hydrogen) atoms. The number of aromatic nitrogens is 1. The zero-order valence-corrected chi connectivity index (χ0v) is 12.9. The molecule has 1 N–H and O–H groups in total. The molecule has 0 aliphatic rings. The lowest BCUT2D eigenvalue weighted by Crippen LogP contribution is -2.27. The van der Waals surface area contributed by atoms with Gasteiger partial charge < -0.3 is 5.32 Å². The van der Waals surface area contributed by atoms with Crippen LogP contribution in [0.2, 0.25) is 0 Å². The lowest BCUT2D eigenvalue weighted by atomic mass is 9.79. The number of anilines is 1. The van der Waals surface area contributed by atoms with Gasteiger partial charge in [0.15, 0.2) is 0 Å². The highest BCUT2D eigenvalue weighted by Crippen LogP contribution is 2.29. The number of aryl methyl sites for hydroxylation is 1. The van der Waals surface area contributed by atoms with Gasteiger partial charge in [-0.25, -0.2) is 0 Å². The maximum Gasteiger partial charge on any atom is 0.0528 e. The molecule has 0 amide bonds. The quantitative estimate of drug-likeness (QED) is 0.860. The molecule has 0 bridgehead atoms. The van der Waals surface area contributed by atoms with Gasteiger partial charge in [0, 0.05) is 11.7 Å². The third-order valence-corrected chi connectivity index (χ3v) is 3.70. The highest BCUT2D eigenvalue weighted by Gasteiger charge is 2.23. The normalized spacial score (nSPS) is 13.0. The Kier molecular flexibility index (Phi) is 4.43. The zero-order valence-electron chi connectivity index (χ0n) is 12.9. The van der Waals surface area contributed by atoms with Crippen LogP contribution in [0.5, 0.6) is 0 Å². The van der Waals surface area contributed by atoms with E-state index in [1.165, 1.54) is 5.56 Å². The number of nitrogens with one attached hydrogen (secondary N) is 1. The van der Waals surface area contributed by atoms with Crippen LogP contribution in [0.4, 0.5) is 5.69 Å². The molecule has 106 valence electrons. The van der Waals surface area contributed by atoms with Crippen LogP contribution in [-0.4, -0.2) is 11.0 Å². The van der Waals surface area contributed by atoms with Gasteiger partial charge in [-0.3, -0.25) is 4.98 Å². The van der Waals surface area contributed by atoms with Crippen LogP contribution >= 0.6 is 0 Å². The lowest BCUT2D eigenvalue weighted by Gasteiger charge is -2.29. The fourth-order valence-corrected chi connectivity index (χ4v) is 2.66. The average molecular weight is 268 g/mol. The fourth-order valence-electron chi connectivity index (χ4n) is 2.66. The lowest BCUT2D eigenvalue weighted by molar-refractivity contribution is 0.450. The molecule has 0 aliphatic heterocycles. The number of rotatable bonds is 5. The first-order chi connectivity index (χ1) is 9.47. The first-order valence-electron chi connectivity index (χ1n) is 7.22. The molecule has 0 saturated carbocycles. The van der Waals surface area contributed by atoms with Crippen LogP contribution in [0.25, 0.3) is 0 Å². The van der Waals surface area contributed by atoms with Crippen LogP contribution in [0.1, 0.15) is 38.4 Å². The number of pyridine rings is 1. The maximum absolute atomic E-state index is 4.32. The average Bonchev–Trinajstić information content (AvgIpc) is 2.42. The molecule has 0 fully saturated rings. The van der Waals surface area contributed by atoms with Crippen LogP contribution in [0.3, 0.4) is 0 Å². The minimum Gasteiger partial charge on any atom is -0.381 e. The van der Waals surface area contributed by atoms with Gasteiger partial charge in [0.05, 0.1) is 11.9 Å². The Hall–Kier alpha value is -1.83. The minimum absolute atomic E-state index is 0.159. The Labute approximate surface area is 122 Å². The number of hydrogen-bond acceptors (Lipinski definition) is 2. The van der Waals surface area contributed by atoms with Crippen LogP contribution in [0, 0.1) is 6.92 Å². The molecule has 2 nitrogen and oxygen atoms in total. The largest absolute Gasteiger partial charge is 0.381 e. The Morgan fingerprint density at radius 3 is 2.40 bits per heavy atom. The molecule has 0 saturated heterocycles.